The number of benzene rings is 6. The minimum absolute atomic E-state index is 0.00728. The van der Waals surface area contributed by atoms with Crippen LogP contribution in [0.2, 0.25) is 0 Å². The number of phenols is 1. The molecule has 0 aliphatic carbocycles. The molecular formula is C96H116F5N13O18S. The molecule has 1 aliphatic rings. The normalized spacial score (nSPS) is 21.8. The maximum Gasteiger partial charge on any atom is 0.304 e. The number of primary amides is 1. The van der Waals surface area contributed by atoms with Gasteiger partial charge in [-0.2, -0.15) is 0 Å². The monoisotopic (exact) mass is 1870 g/mol. The lowest BCUT2D eigenvalue weighted by molar-refractivity contribution is -0.151. The minimum Gasteiger partial charge on any atom is -0.508 e. The number of aliphatic carboxylic acids is 1. The summed E-state index contributed by atoms with van der Waals surface area (Å²) in [7, 11) is 6.02. The number of fused-ring (bicyclic) bond motifs is 1. The van der Waals surface area contributed by atoms with Crippen molar-refractivity contribution in [1.29, 1.82) is 0 Å². The Bertz CT molecular complexity index is 5300. The molecule has 0 saturated carbocycles. The fourth-order valence-corrected chi connectivity index (χ4v) is 16.7. The number of thioether (sulfide) groups is 1. The molecule has 1 aliphatic heterocycles. The highest BCUT2D eigenvalue weighted by Crippen LogP contribution is 2.30. The van der Waals surface area contributed by atoms with Gasteiger partial charge in [0.15, 0.2) is 34.8 Å². The molecule has 0 bridgehead atoms. The van der Waals surface area contributed by atoms with Gasteiger partial charge in [-0.1, -0.05) is 169 Å². The van der Waals surface area contributed by atoms with E-state index >= 15 is 55.9 Å². The molecule has 133 heavy (non-hydrogen) atoms. The number of likely N-dealkylation sites (N-methyl/N-ethyl adjacent to an activating group) is 5. The summed E-state index contributed by atoms with van der Waals surface area (Å²) in [4.78, 5) is 243. The van der Waals surface area contributed by atoms with Crippen LogP contribution in [-0.2, 0) is 115 Å². The van der Waals surface area contributed by atoms with E-state index in [1.165, 1.54) is 77.6 Å². The van der Waals surface area contributed by atoms with E-state index in [1.807, 2.05) is 6.92 Å². The smallest absolute Gasteiger partial charge is 0.304 e. The molecule has 714 valence electrons. The van der Waals surface area contributed by atoms with Crippen LogP contribution < -0.4 is 37.6 Å². The van der Waals surface area contributed by atoms with Gasteiger partial charge in [-0.3, -0.25) is 76.7 Å². The third-order valence-corrected chi connectivity index (χ3v) is 24.3. The van der Waals surface area contributed by atoms with Crippen LogP contribution in [0.4, 0.5) is 22.0 Å². The van der Waals surface area contributed by atoms with E-state index in [2.05, 4.69) is 36.9 Å². The number of ketones is 3. The maximum absolute atomic E-state index is 16.0. The van der Waals surface area contributed by atoms with Gasteiger partial charge in [-0.25, -0.2) is 22.0 Å². The number of nitrogens with two attached hydrogens (primary N) is 1. The van der Waals surface area contributed by atoms with Crippen LogP contribution in [-0.4, -0.2) is 248 Å². The van der Waals surface area contributed by atoms with Crippen LogP contribution in [0.1, 0.15) is 126 Å². The number of carboxylic acids is 1. The second-order valence-electron chi connectivity index (χ2n) is 34.3. The largest absolute Gasteiger partial charge is 0.508 e. The number of aromatic hydroxyl groups is 1. The summed E-state index contributed by atoms with van der Waals surface area (Å²) in [5.74, 6) is -33.9. The first kappa shape index (κ1) is 105. The number of Topliss-reactive ketones (excluding diaryl/α,β-unsaturated/α-hetero) is 3. The van der Waals surface area contributed by atoms with Gasteiger partial charge in [-0.05, 0) is 70.7 Å². The maximum atomic E-state index is 16.0. The van der Waals surface area contributed by atoms with Crippen LogP contribution in [0.25, 0.3) is 10.9 Å². The number of H-pyrrole nitrogens is 1. The van der Waals surface area contributed by atoms with Gasteiger partial charge >= 0.3 is 5.97 Å². The molecule has 11 N–H and O–H groups in total. The van der Waals surface area contributed by atoms with Crippen molar-refractivity contribution in [2.45, 2.75) is 185 Å². The first-order valence-electron chi connectivity index (χ1n) is 43.8. The van der Waals surface area contributed by atoms with Crippen LogP contribution in [0, 0.1) is 52.8 Å². The number of hydrogen-bond acceptors (Lipinski definition) is 18. The number of halogens is 5. The molecule has 11 atom stereocenters. The van der Waals surface area contributed by atoms with E-state index in [9.17, 15) is 53.0 Å². The van der Waals surface area contributed by atoms with Gasteiger partial charge in [0, 0.05) is 140 Å². The summed E-state index contributed by atoms with van der Waals surface area (Å²) in [6.07, 6.45) is -4.45. The number of para-hydroxylation sites is 1. The average Bonchev–Trinajstić information content (AvgIpc) is 1.79. The van der Waals surface area contributed by atoms with Gasteiger partial charge in [0.05, 0.1) is 31.3 Å². The number of hydrogen-bond donors (Lipinski definition) is 10. The first-order chi connectivity index (χ1) is 63.0. The number of carbonyl (C=O) groups is 16. The zero-order chi connectivity index (χ0) is 97.8. The van der Waals surface area contributed by atoms with Crippen LogP contribution in [0.5, 0.6) is 5.75 Å². The number of rotatable bonds is 24. The Kier molecular flexibility index (Phi) is 39.4. The van der Waals surface area contributed by atoms with Gasteiger partial charge in [0.25, 0.3) is 0 Å². The number of phenolic OH excluding ortho intramolecular Hbond substituents is 1. The highest BCUT2D eigenvalue weighted by molar-refractivity contribution is 8.00. The molecule has 8 rings (SSSR count). The molecule has 1 fully saturated rings. The highest BCUT2D eigenvalue weighted by Gasteiger charge is 2.43. The van der Waals surface area contributed by atoms with Crippen molar-refractivity contribution >= 4 is 117 Å². The molecule has 0 spiro atoms. The quantitative estimate of drug-likeness (QED) is 0.0170. The van der Waals surface area contributed by atoms with Crippen molar-refractivity contribution in [3.05, 3.63) is 208 Å². The number of aromatic nitrogens is 1. The van der Waals surface area contributed by atoms with Crippen LogP contribution in [0.3, 0.4) is 0 Å². The topological polar surface area (TPSA) is 444 Å². The lowest BCUT2D eigenvalue weighted by atomic mass is 9.83. The predicted octanol–water partition coefficient (Wildman–Crippen LogP) is 6.73. The van der Waals surface area contributed by atoms with Gasteiger partial charge in [0.2, 0.25) is 76.7 Å². The lowest BCUT2D eigenvalue weighted by Crippen LogP contribution is -2.59. The summed E-state index contributed by atoms with van der Waals surface area (Å²) in [6, 6.07) is 22.1. The standard InChI is InChI=1S/C96H116F5N13O18S/c1-11-12-32-74-95(131)110(6)50-63(116)44-60(46-82(122)123)78(118)48-65(55(4)5)92(128)113(9)75(42-57-26-18-14-19-27-57)91(127)108-72(47-66-83(97)85(99)87(101)86(100)84(66)98)93(129)111(7)51-80(120)104-70(45-61-49-103-67-31-23-22-30-64(61)67)90(126)107-69(40-59-33-35-62(115)36-34-59)89(125)106-68(39-54(2)3)88(124)109-73(77(117)37-38-79(102)119)52-133-53-81(121)105-71(41-56-24-16-13-17-25-56)94(130)114(10)76(96(132)112(74)8)43-58-28-20-15-21-29-58/h13-31,33-36,49,54-55,60,65,68-76,103,115H,11-12,32,37-48,50-53H2,1-10H3,(H2,102,119)(H,104,120)(H,105,121)(H,106,125)(H,107,126)(H,108,127)(H,109,124)(H,122,123)/t60-,65-,68-,69-,70-,71-,72-,73-,74-,75-,76-/m0/s1. The predicted molar refractivity (Wildman–Crippen MR) is 484 cm³/mol. The van der Waals surface area contributed by atoms with E-state index < -0.39 is 284 Å². The zero-order valence-corrected chi connectivity index (χ0v) is 76.7. The summed E-state index contributed by atoms with van der Waals surface area (Å²) in [5.41, 5.74) is 6.59. The second-order valence-corrected chi connectivity index (χ2v) is 35.3. The minimum atomic E-state index is -2.58. The van der Waals surface area contributed by atoms with Crippen molar-refractivity contribution < 1.29 is 109 Å². The van der Waals surface area contributed by atoms with Gasteiger partial charge < -0.3 is 77.3 Å². The molecular weight excluding hydrogens is 1750 g/mol. The third kappa shape index (κ3) is 30.2. The van der Waals surface area contributed by atoms with Crippen molar-refractivity contribution in [2.24, 2.45) is 29.4 Å². The fourth-order valence-electron chi connectivity index (χ4n) is 15.8. The molecule has 2 heterocycles. The summed E-state index contributed by atoms with van der Waals surface area (Å²) >= 11 is 0.826. The number of carboxylic acid groups (broad SMARTS) is 1. The first-order valence-corrected chi connectivity index (χ1v) is 44.9. The zero-order valence-electron chi connectivity index (χ0n) is 75.8. The van der Waals surface area contributed by atoms with Crippen molar-refractivity contribution in [3.63, 3.8) is 0 Å². The molecule has 7 aromatic rings. The summed E-state index contributed by atoms with van der Waals surface area (Å²) in [5, 5.41) is 36.9. The van der Waals surface area contributed by atoms with Crippen LogP contribution >= 0.6 is 11.8 Å². The number of aromatic amines is 1. The van der Waals surface area contributed by atoms with Crippen molar-refractivity contribution in [2.75, 3.05) is 59.8 Å². The second kappa shape index (κ2) is 49.9. The van der Waals surface area contributed by atoms with E-state index in [0.717, 1.165) is 45.5 Å². The lowest BCUT2D eigenvalue weighted by Gasteiger charge is -2.37. The van der Waals surface area contributed by atoms with E-state index in [4.69, 9.17) is 5.73 Å². The molecule has 0 radical (unpaired) electrons. The Labute approximate surface area is 771 Å². The summed E-state index contributed by atoms with van der Waals surface area (Å²) in [6.45, 7) is 6.38. The SMILES string of the molecule is CCCC[C@H]1C(=O)N(C)CC(=O)C[C@@H](CC(=O)O)C(=O)C[C@@H](C(C)C)C(=O)N(C)[C@@H](Cc2ccccc2)C(=O)N[C@@H](Cc2c(F)c(F)c(F)c(F)c2F)C(=O)N(C)CC(=O)N[C@@H](Cc2c[nH]c3ccccc23)C(=O)N[C@@H](Cc2ccc(O)cc2)C(=O)N[C@@H](CC(C)C)C(=O)N[C@H](C(=O)CCC(N)=O)CSCC(=O)N[C@@H](Cc2ccccc2)C(=O)N(C)[C@@H](Cc2ccccc2)C(=O)N1C. The Morgan fingerprint density at radius 2 is 0.977 bits per heavy atom. The number of carbonyl (C=O) groups excluding carboxylic acids is 15. The number of unbranched alkanes of at least 4 members (excludes halogenated alkanes) is 1. The highest BCUT2D eigenvalue weighted by atomic mass is 32.2. The Morgan fingerprint density at radius 3 is 1.55 bits per heavy atom. The molecule has 12 amide bonds. The average molecular weight is 1870 g/mol. The van der Waals surface area contributed by atoms with E-state index in [-0.39, 0.29) is 37.2 Å². The summed E-state index contributed by atoms with van der Waals surface area (Å²) < 4.78 is 77.4. The number of nitrogens with one attached hydrogen (secondary N) is 7. The Hall–Kier alpha value is -13.2. The molecule has 31 nitrogen and oxygen atoms in total. The number of nitrogens with zero attached hydrogens (tertiary/aromatic N) is 5. The van der Waals surface area contributed by atoms with Gasteiger partial charge in [0.1, 0.15) is 59.9 Å². The molecule has 6 aromatic carbocycles. The van der Waals surface area contributed by atoms with E-state index in [1.54, 1.807) is 117 Å². The van der Waals surface area contributed by atoms with E-state index in [0.29, 0.717) is 56.5 Å². The Balaban J connectivity index is 1.24. The van der Waals surface area contributed by atoms with Crippen LogP contribution in [0.15, 0.2) is 146 Å². The molecule has 1 aromatic heterocycles. The molecule has 37 heteroatoms. The van der Waals surface area contributed by atoms with Gasteiger partial charge in [-0.15, -0.1) is 11.8 Å². The number of amides is 12. The molecule has 1 saturated heterocycles. The molecule has 0 unspecified atom stereocenters. The fraction of sp³-hybridized carbons (Fsp3) is 0.438. The van der Waals surface area contributed by atoms with Crippen molar-refractivity contribution in [3.8, 4) is 5.75 Å². The van der Waals surface area contributed by atoms with Crippen molar-refractivity contribution in [1.82, 2.24) is 61.4 Å². The third-order valence-electron chi connectivity index (χ3n) is 23.3. The Morgan fingerprint density at radius 1 is 0.489 bits per heavy atom.